The number of amidine groups is 1. The second-order valence-electron chi connectivity index (χ2n) is 4.13. The van der Waals surface area contributed by atoms with E-state index >= 15 is 0 Å². The van der Waals surface area contributed by atoms with Gasteiger partial charge >= 0.3 is 0 Å². The van der Waals surface area contributed by atoms with Crippen LogP contribution in [0, 0.1) is 5.41 Å². The zero-order chi connectivity index (χ0) is 13.5. The van der Waals surface area contributed by atoms with Gasteiger partial charge in [0.05, 0.1) is 0 Å². The summed E-state index contributed by atoms with van der Waals surface area (Å²) in [6.07, 6.45) is 7.92. The predicted octanol–water partition coefficient (Wildman–Crippen LogP) is 3.70. The third-order valence-electron chi connectivity index (χ3n) is 2.73. The maximum absolute atomic E-state index is 7.52. The van der Waals surface area contributed by atoms with E-state index in [1.54, 1.807) is 0 Å². The maximum atomic E-state index is 7.52. The molecule has 0 atom stereocenters. The van der Waals surface area contributed by atoms with Gasteiger partial charge in [0, 0.05) is 5.56 Å². The number of hydrogen-bond donors (Lipinski definition) is 2. The Bertz CT molecular complexity index is 610. The van der Waals surface area contributed by atoms with Crippen LogP contribution in [0.1, 0.15) is 16.7 Å². The number of nitrogens with one attached hydrogen (secondary N) is 1. The average molecular weight is 248 g/mol. The van der Waals surface area contributed by atoms with Gasteiger partial charge in [0.25, 0.3) is 0 Å². The highest BCUT2D eigenvalue weighted by atomic mass is 14.7. The van der Waals surface area contributed by atoms with Crippen LogP contribution in [0.3, 0.4) is 0 Å². The first-order valence-electron chi connectivity index (χ1n) is 6.10. The summed E-state index contributed by atoms with van der Waals surface area (Å²) in [5.41, 5.74) is 8.41. The smallest absolute Gasteiger partial charge is 0.123 e. The van der Waals surface area contributed by atoms with Crippen LogP contribution in [0.5, 0.6) is 0 Å². The monoisotopic (exact) mass is 248 g/mol. The summed E-state index contributed by atoms with van der Waals surface area (Å²) in [7, 11) is 0. The lowest BCUT2D eigenvalue weighted by atomic mass is 10.1. The van der Waals surface area contributed by atoms with Gasteiger partial charge < -0.3 is 5.73 Å². The van der Waals surface area contributed by atoms with Gasteiger partial charge in [0.2, 0.25) is 0 Å². The molecule has 0 unspecified atom stereocenters. The molecule has 0 aliphatic rings. The maximum Gasteiger partial charge on any atom is 0.123 e. The molecular weight excluding hydrogens is 232 g/mol. The molecule has 2 aromatic carbocycles. The largest absolute Gasteiger partial charge is 0.384 e. The van der Waals surface area contributed by atoms with Crippen molar-refractivity contribution in [2.75, 3.05) is 0 Å². The lowest BCUT2D eigenvalue weighted by molar-refractivity contribution is 1.42. The molecule has 3 N–H and O–H groups in total. The van der Waals surface area contributed by atoms with Gasteiger partial charge in [-0.2, -0.15) is 0 Å². The summed E-state index contributed by atoms with van der Waals surface area (Å²) >= 11 is 0. The van der Waals surface area contributed by atoms with Crippen molar-refractivity contribution in [2.45, 2.75) is 0 Å². The minimum Gasteiger partial charge on any atom is -0.384 e. The highest BCUT2D eigenvalue weighted by molar-refractivity contribution is 5.98. The van der Waals surface area contributed by atoms with Gasteiger partial charge in [-0.15, -0.1) is 0 Å². The Balaban J connectivity index is 2.12. The quantitative estimate of drug-likeness (QED) is 0.484. The van der Waals surface area contributed by atoms with Gasteiger partial charge in [0.1, 0.15) is 5.84 Å². The molecule has 0 aliphatic carbocycles. The Kier molecular flexibility index (Phi) is 4.29. The van der Waals surface area contributed by atoms with Gasteiger partial charge in [-0.1, -0.05) is 78.9 Å². The topological polar surface area (TPSA) is 49.9 Å². The normalized spacial score (nSPS) is 11.2. The molecule has 2 aromatic rings. The molecule has 0 saturated carbocycles. The molecule has 0 bridgehead atoms. The molecule has 0 saturated heterocycles. The number of rotatable bonds is 4. The van der Waals surface area contributed by atoms with Crippen molar-refractivity contribution in [3.05, 3.63) is 83.4 Å². The zero-order valence-electron chi connectivity index (χ0n) is 10.6. The highest BCUT2D eigenvalue weighted by Crippen LogP contribution is 2.10. The fourth-order valence-electron chi connectivity index (χ4n) is 1.78. The van der Waals surface area contributed by atoms with E-state index in [0.717, 1.165) is 16.7 Å². The molecule has 0 spiro atoms. The van der Waals surface area contributed by atoms with Crippen molar-refractivity contribution in [1.82, 2.24) is 0 Å². The SMILES string of the molecule is N=C(N)c1ccccc1C=CC=Cc1ccccc1. The van der Waals surface area contributed by atoms with Crippen LogP contribution in [-0.4, -0.2) is 5.84 Å². The van der Waals surface area contributed by atoms with E-state index in [4.69, 9.17) is 11.1 Å². The summed E-state index contributed by atoms with van der Waals surface area (Å²) in [5, 5.41) is 7.52. The molecule has 2 rings (SSSR count). The first-order chi connectivity index (χ1) is 9.27. The highest BCUT2D eigenvalue weighted by Gasteiger charge is 1.99. The van der Waals surface area contributed by atoms with Crippen molar-refractivity contribution in [3.63, 3.8) is 0 Å². The summed E-state index contributed by atoms with van der Waals surface area (Å²) in [6.45, 7) is 0. The molecule has 19 heavy (non-hydrogen) atoms. The van der Waals surface area contributed by atoms with Crippen molar-refractivity contribution >= 4 is 18.0 Å². The van der Waals surface area contributed by atoms with E-state index < -0.39 is 0 Å². The average Bonchev–Trinajstić information content (AvgIpc) is 2.45. The minimum absolute atomic E-state index is 0.0901. The number of hydrogen-bond acceptors (Lipinski definition) is 1. The standard InChI is InChI=1S/C17H16N2/c18-17(19)16-13-7-6-12-15(16)11-5-4-10-14-8-2-1-3-9-14/h1-13H,(H3,18,19). The van der Waals surface area contributed by atoms with Crippen molar-refractivity contribution in [1.29, 1.82) is 5.41 Å². The molecule has 94 valence electrons. The van der Waals surface area contributed by atoms with Crippen LogP contribution in [0.2, 0.25) is 0 Å². The van der Waals surface area contributed by atoms with Gasteiger partial charge in [0.15, 0.2) is 0 Å². The van der Waals surface area contributed by atoms with Gasteiger partial charge in [-0.05, 0) is 11.1 Å². The Labute approximate surface area is 113 Å². The molecular formula is C17H16N2. The lowest BCUT2D eigenvalue weighted by Gasteiger charge is -2.02. The molecule has 0 aromatic heterocycles. The third-order valence-corrected chi connectivity index (χ3v) is 2.73. The lowest BCUT2D eigenvalue weighted by Crippen LogP contribution is -2.12. The molecule has 2 nitrogen and oxygen atoms in total. The second-order valence-corrected chi connectivity index (χ2v) is 4.13. The minimum atomic E-state index is 0.0901. The van der Waals surface area contributed by atoms with Crippen LogP contribution in [0.25, 0.3) is 12.2 Å². The van der Waals surface area contributed by atoms with E-state index in [9.17, 15) is 0 Å². The van der Waals surface area contributed by atoms with Crippen LogP contribution in [-0.2, 0) is 0 Å². The van der Waals surface area contributed by atoms with Crippen LogP contribution >= 0.6 is 0 Å². The number of allylic oxidation sites excluding steroid dienone is 2. The zero-order valence-corrected chi connectivity index (χ0v) is 10.6. The Morgan fingerprint density at radius 3 is 2.21 bits per heavy atom. The van der Waals surface area contributed by atoms with E-state index in [2.05, 4.69) is 0 Å². The fourth-order valence-corrected chi connectivity index (χ4v) is 1.78. The van der Waals surface area contributed by atoms with E-state index in [-0.39, 0.29) is 5.84 Å². The Morgan fingerprint density at radius 1 is 0.842 bits per heavy atom. The number of benzene rings is 2. The van der Waals surface area contributed by atoms with Crippen LogP contribution in [0.15, 0.2) is 66.7 Å². The predicted molar refractivity (Wildman–Crippen MR) is 82.0 cm³/mol. The van der Waals surface area contributed by atoms with Gasteiger partial charge in [-0.25, -0.2) is 0 Å². The molecule has 0 amide bonds. The summed E-state index contributed by atoms with van der Waals surface area (Å²) in [5.74, 6) is 0.0901. The fraction of sp³-hybridized carbons (Fsp3) is 0. The summed E-state index contributed by atoms with van der Waals surface area (Å²) in [6, 6.07) is 17.7. The molecule has 0 radical (unpaired) electrons. The van der Waals surface area contributed by atoms with Gasteiger partial charge in [-0.3, -0.25) is 5.41 Å². The van der Waals surface area contributed by atoms with Crippen molar-refractivity contribution in [3.8, 4) is 0 Å². The third kappa shape index (κ3) is 3.68. The number of nitrogen functional groups attached to an aromatic ring is 1. The van der Waals surface area contributed by atoms with Crippen LogP contribution < -0.4 is 5.73 Å². The van der Waals surface area contributed by atoms with Crippen LogP contribution in [0.4, 0.5) is 0 Å². The van der Waals surface area contributed by atoms with Crippen molar-refractivity contribution < 1.29 is 0 Å². The Hall–Kier alpha value is -2.61. The molecule has 0 fully saturated rings. The van der Waals surface area contributed by atoms with E-state index in [1.807, 2.05) is 78.9 Å². The second kappa shape index (κ2) is 6.36. The summed E-state index contributed by atoms with van der Waals surface area (Å²) in [4.78, 5) is 0. The molecule has 0 heterocycles. The molecule has 0 aliphatic heterocycles. The molecule has 2 heteroatoms. The summed E-state index contributed by atoms with van der Waals surface area (Å²) < 4.78 is 0. The Morgan fingerprint density at radius 2 is 1.47 bits per heavy atom. The number of nitrogens with two attached hydrogens (primary N) is 1. The van der Waals surface area contributed by atoms with E-state index in [0.29, 0.717) is 0 Å². The van der Waals surface area contributed by atoms with E-state index in [1.165, 1.54) is 0 Å². The van der Waals surface area contributed by atoms with Crippen molar-refractivity contribution in [2.24, 2.45) is 5.73 Å². The first-order valence-corrected chi connectivity index (χ1v) is 6.10. The first kappa shape index (κ1) is 12.8.